The van der Waals surface area contributed by atoms with Crippen molar-refractivity contribution in [2.45, 2.75) is 57.5 Å². The Labute approximate surface area is 176 Å². The summed E-state index contributed by atoms with van der Waals surface area (Å²) in [5.41, 5.74) is 0. The molecule has 0 bridgehead atoms. The highest BCUT2D eigenvalue weighted by atomic mass is 127. The van der Waals surface area contributed by atoms with Gasteiger partial charge in [-0.15, -0.1) is 24.0 Å². The fourth-order valence-corrected chi connectivity index (χ4v) is 3.47. The molecule has 1 saturated carbocycles. The zero-order chi connectivity index (χ0) is 17.6. The van der Waals surface area contributed by atoms with E-state index < -0.39 is 0 Å². The van der Waals surface area contributed by atoms with Crippen LogP contribution in [0.15, 0.2) is 4.99 Å². The van der Waals surface area contributed by atoms with Crippen molar-refractivity contribution in [2.24, 2.45) is 4.99 Å². The number of guanidine groups is 1. The van der Waals surface area contributed by atoms with Crippen molar-refractivity contribution >= 4 is 29.9 Å². The average molecular weight is 482 g/mol. The van der Waals surface area contributed by atoms with Gasteiger partial charge in [-0.3, -0.25) is 9.89 Å². The summed E-state index contributed by atoms with van der Waals surface area (Å²) in [6.07, 6.45) is 10.7. The highest BCUT2D eigenvalue weighted by Gasteiger charge is 2.13. The average Bonchev–Trinajstić information content (AvgIpc) is 2.67. The van der Waals surface area contributed by atoms with Gasteiger partial charge in [0.2, 0.25) is 0 Å². The lowest BCUT2D eigenvalue weighted by Crippen LogP contribution is -2.44. The number of ether oxygens (including phenoxy) is 2. The molecule has 2 aliphatic rings. The Morgan fingerprint density at radius 1 is 1.04 bits per heavy atom. The topological polar surface area (TPSA) is 58.1 Å². The van der Waals surface area contributed by atoms with Crippen LogP contribution in [0.1, 0.15) is 51.4 Å². The Morgan fingerprint density at radius 2 is 1.77 bits per heavy atom. The van der Waals surface area contributed by atoms with Gasteiger partial charge in [-0.25, -0.2) is 0 Å². The van der Waals surface area contributed by atoms with Crippen LogP contribution in [-0.2, 0) is 9.47 Å². The molecule has 0 aromatic heterocycles. The second-order valence-corrected chi connectivity index (χ2v) is 7.07. The van der Waals surface area contributed by atoms with E-state index in [9.17, 15) is 0 Å². The van der Waals surface area contributed by atoms with Crippen LogP contribution in [0.5, 0.6) is 0 Å². The Balaban J connectivity index is 0.00000338. The van der Waals surface area contributed by atoms with Crippen molar-refractivity contribution in [3.05, 3.63) is 0 Å². The first kappa shape index (κ1) is 23.9. The Morgan fingerprint density at radius 3 is 2.50 bits per heavy atom. The van der Waals surface area contributed by atoms with Crippen molar-refractivity contribution in [3.8, 4) is 0 Å². The number of hydrogen-bond donors (Lipinski definition) is 2. The van der Waals surface area contributed by atoms with Crippen LogP contribution < -0.4 is 10.6 Å². The molecule has 2 fully saturated rings. The number of unbranched alkanes of at least 4 members (excludes halogenated alkanes) is 2. The Hall–Kier alpha value is -0.120. The monoisotopic (exact) mass is 482 g/mol. The molecule has 7 heteroatoms. The minimum Gasteiger partial charge on any atom is -0.379 e. The van der Waals surface area contributed by atoms with Gasteiger partial charge in [0.1, 0.15) is 0 Å². The molecule has 1 heterocycles. The lowest BCUT2D eigenvalue weighted by Gasteiger charge is -2.26. The molecule has 1 saturated heterocycles. The molecule has 6 nitrogen and oxygen atoms in total. The van der Waals surface area contributed by atoms with Crippen LogP contribution >= 0.6 is 24.0 Å². The fraction of sp³-hybridized carbons (Fsp3) is 0.947. The van der Waals surface area contributed by atoms with Crippen LogP contribution in [0.25, 0.3) is 0 Å². The summed E-state index contributed by atoms with van der Waals surface area (Å²) in [5.74, 6) is 0.909. The molecule has 2 N–H and O–H groups in total. The molecule has 1 aliphatic heterocycles. The van der Waals surface area contributed by atoms with Crippen LogP contribution in [-0.4, -0.2) is 76.6 Å². The number of nitrogens with zero attached hydrogens (tertiary/aromatic N) is 2. The van der Waals surface area contributed by atoms with Gasteiger partial charge < -0.3 is 20.1 Å². The van der Waals surface area contributed by atoms with E-state index >= 15 is 0 Å². The third-order valence-corrected chi connectivity index (χ3v) is 5.07. The van der Waals surface area contributed by atoms with Gasteiger partial charge in [0.25, 0.3) is 0 Å². The zero-order valence-electron chi connectivity index (χ0n) is 16.5. The van der Waals surface area contributed by atoms with Crippen molar-refractivity contribution in [1.82, 2.24) is 15.5 Å². The Bertz CT molecular complexity index is 359. The minimum absolute atomic E-state index is 0. The van der Waals surface area contributed by atoms with Crippen LogP contribution in [0, 0.1) is 0 Å². The van der Waals surface area contributed by atoms with Gasteiger partial charge in [-0.05, 0) is 32.1 Å². The highest BCUT2D eigenvalue weighted by molar-refractivity contribution is 14.0. The fourth-order valence-electron chi connectivity index (χ4n) is 3.47. The number of nitrogens with one attached hydrogen (secondary N) is 2. The van der Waals surface area contributed by atoms with Crippen LogP contribution in [0.4, 0.5) is 0 Å². The van der Waals surface area contributed by atoms with E-state index in [1.807, 2.05) is 7.05 Å². The molecular formula is C19H39IN4O2. The summed E-state index contributed by atoms with van der Waals surface area (Å²) in [7, 11) is 1.84. The molecule has 1 aliphatic carbocycles. The van der Waals surface area contributed by atoms with Crippen molar-refractivity contribution in [3.63, 3.8) is 0 Å². The summed E-state index contributed by atoms with van der Waals surface area (Å²) in [4.78, 5) is 6.72. The van der Waals surface area contributed by atoms with E-state index in [4.69, 9.17) is 9.47 Å². The summed E-state index contributed by atoms with van der Waals surface area (Å²) >= 11 is 0. The minimum atomic E-state index is 0. The first-order chi connectivity index (χ1) is 12.4. The molecule has 0 aromatic carbocycles. The van der Waals surface area contributed by atoms with Gasteiger partial charge in [-0.2, -0.15) is 0 Å². The van der Waals surface area contributed by atoms with Gasteiger partial charge in [-0.1, -0.05) is 19.3 Å². The maximum Gasteiger partial charge on any atom is 0.191 e. The molecule has 0 radical (unpaired) electrons. The van der Waals surface area contributed by atoms with Gasteiger partial charge in [0, 0.05) is 46.4 Å². The highest BCUT2D eigenvalue weighted by Crippen LogP contribution is 2.20. The molecule has 0 atom stereocenters. The summed E-state index contributed by atoms with van der Waals surface area (Å²) in [6.45, 7) is 7.66. The lowest BCUT2D eigenvalue weighted by atomic mass is 9.98. The number of rotatable bonds is 10. The van der Waals surface area contributed by atoms with E-state index in [2.05, 4.69) is 20.5 Å². The summed E-state index contributed by atoms with van der Waals surface area (Å²) in [6, 6.07) is 0. The first-order valence-electron chi connectivity index (χ1n) is 10.2. The number of aliphatic imine (C=N–C) groups is 1. The third-order valence-electron chi connectivity index (χ3n) is 5.07. The molecule has 0 unspecified atom stereocenters. The molecule has 0 aromatic rings. The number of halogens is 1. The van der Waals surface area contributed by atoms with Gasteiger partial charge in [0.05, 0.1) is 19.3 Å². The van der Waals surface area contributed by atoms with E-state index in [0.29, 0.717) is 6.10 Å². The molecule has 2 rings (SSSR count). The molecule has 0 amide bonds. The van der Waals surface area contributed by atoms with Crippen molar-refractivity contribution in [1.29, 1.82) is 0 Å². The largest absolute Gasteiger partial charge is 0.379 e. The van der Waals surface area contributed by atoms with E-state index in [1.54, 1.807) is 0 Å². The SMILES string of the molecule is CN=C(NCCCCCOC1CCCCC1)NCCN1CCOCC1.I. The predicted molar refractivity (Wildman–Crippen MR) is 119 cm³/mol. The second kappa shape index (κ2) is 15.9. The normalized spacial score (nSPS) is 19.8. The zero-order valence-corrected chi connectivity index (χ0v) is 18.8. The third kappa shape index (κ3) is 10.9. The lowest BCUT2D eigenvalue weighted by molar-refractivity contribution is 0.0264. The smallest absolute Gasteiger partial charge is 0.191 e. The standard InChI is InChI=1S/C19H38N4O2.HI/c1-20-19(22-11-12-23-13-16-24-17-14-23)21-10-6-3-7-15-25-18-8-4-2-5-9-18;/h18H,2-17H2,1H3,(H2,20,21,22);1H. The first-order valence-corrected chi connectivity index (χ1v) is 10.2. The van der Waals surface area contributed by atoms with E-state index in [0.717, 1.165) is 64.9 Å². The van der Waals surface area contributed by atoms with Gasteiger partial charge >= 0.3 is 0 Å². The molecule has 26 heavy (non-hydrogen) atoms. The second-order valence-electron chi connectivity index (χ2n) is 7.07. The summed E-state index contributed by atoms with van der Waals surface area (Å²) in [5, 5.41) is 6.80. The number of hydrogen-bond acceptors (Lipinski definition) is 4. The van der Waals surface area contributed by atoms with Crippen LogP contribution in [0.3, 0.4) is 0 Å². The summed E-state index contributed by atoms with van der Waals surface area (Å²) < 4.78 is 11.3. The predicted octanol–water partition coefficient (Wildman–Crippen LogP) is 2.62. The van der Waals surface area contributed by atoms with E-state index in [1.165, 1.54) is 44.9 Å². The molecular weight excluding hydrogens is 443 g/mol. The van der Waals surface area contributed by atoms with Crippen LogP contribution in [0.2, 0.25) is 0 Å². The maximum atomic E-state index is 5.97. The number of morpholine rings is 1. The quantitative estimate of drug-likeness (QED) is 0.217. The van der Waals surface area contributed by atoms with Gasteiger partial charge in [0.15, 0.2) is 5.96 Å². The van der Waals surface area contributed by atoms with Crippen molar-refractivity contribution < 1.29 is 9.47 Å². The molecule has 154 valence electrons. The Kier molecular flexibility index (Phi) is 14.6. The maximum absolute atomic E-state index is 5.97. The van der Waals surface area contributed by atoms with E-state index in [-0.39, 0.29) is 24.0 Å². The van der Waals surface area contributed by atoms with Crippen molar-refractivity contribution in [2.75, 3.05) is 59.6 Å². The molecule has 0 spiro atoms.